The van der Waals surface area contributed by atoms with E-state index in [1.54, 1.807) is 0 Å². The number of carbonyl (C=O) groups is 1. The highest BCUT2D eigenvalue weighted by molar-refractivity contribution is 6.30. The Kier molecular flexibility index (Phi) is 6.58. The third kappa shape index (κ3) is 5.41. The van der Waals surface area contributed by atoms with E-state index >= 15 is 0 Å². The van der Waals surface area contributed by atoms with Crippen LogP contribution < -0.4 is 10.6 Å². The predicted molar refractivity (Wildman–Crippen MR) is 77.2 cm³/mol. The summed E-state index contributed by atoms with van der Waals surface area (Å²) in [5, 5.41) is 6.87. The van der Waals surface area contributed by atoms with Crippen LogP contribution in [0.1, 0.15) is 31.7 Å². The van der Waals surface area contributed by atoms with E-state index in [1.165, 1.54) is 0 Å². The van der Waals surface area contributed by atoms with Crippen molar-refractivity contribution in [3.05, 3.63) is 28.8 Å². The molecule has 0 fully saturated rings. The van der Waals surface area contributed by atoms with Crippen molar-refractivity contribution in [3.63, 3.8) is 0 Å². The number of nitrogens with one attached hydrogen (secondary N) is 2. The molecule has 0 unspecified atom stereocenters. The Morgan fingerprint density at radius 1 is 1.33 bits per heavy atom. The van der Waals surface area contributed by atoms with Crippen LogP contribution in [-0.2, 0) is 4.79 Å². The number of halogens is 1. The molecule has 0 aromatic heterocycles. The molecule has 1 aromatic rings. The van der Waals surface area contributed by atoms with Crippen molar-refractivity contribution in [1.82, 2.24) is 5.32 Å². The van der Waals surface area contributed by atoms with Crippen LogP contribution in [-0.4, -0.2) is 19.0 Å². The monoisotopic (exact) mass is 268 g/mol. The highest BCUT2D eigenvalue weighted by Crippen LogP contribution is 2.19. The molecular formula is C14H21ClN2O. The van der Waals surface area contributed by atoms with Gasteiger partial charge in [0.15, 0.2) is 0 Å². The number of aryl methyl sites for hydroxylation is 1. The van der Waals surface area contributed by atoms with E-state index in [0.717, 1.165) is 35.7 Å². The number of hydrogen-bond donors (Lipinski definition) is 2. The summed E-state index contributed by atoms with van der Waals surface area (Å²) in [7, 11) is 0. The fourth-order valence-corrected chi connectivity index (χ4v) is 1.86. The number of carbonyl (C=O) groups excluding carboxylic acids is 1. The molecular weight excluding hydrogens is 248 g/mol. The molecule has 0 heterocycles. The fraction of sp³-hybridized carbons (Fsp3) is 0.500. The standard InChI is InChI=1S/C14H21ClN2O/c1-3-4-8-17-14(18)7-9-16-13-6-5-12(15)10-11(13)2/h5-6,10,16H,3-4,7-9H2,1-2H3,(H,17,18). The molecule has 1 aromatic carbocycles. The molecule has 0 saturated carbocycles. The SMILES string of the molecule is CCCCNC(=O)CCNc1ccc(Cl)cc1C. The molecule has 0 spiro atoms. The molecule has 0 saturated heterocycles. The maximum absolute atomic E-state index is 11.5. The van der Waals surface area contributed by atoms with Gasteiger partial charge in [-0.05, 0) is 37.1 Å². The Morgan fingerprint density at radius 2 is 2.11 bits per heavy atom. The second-order valence-corrected chi connectivity index (χ2v) is 4.78. The quantitative estimate of drug-likeness (QED) is 0.745. The normalized spacial score (nSPS) is 10.2. The van der Waals surface area contributed by atoms with Gasteiger partial charge in [-0.25, -0.2) is 0 Å². The highest BCUT2D eigenvalue weighted by Gasteiger charge is 2.02. The Bertz CT molecular complexity index is 393. The van der Waals surface area contributed by atoms with Crippen LogP contribution >= 0.6 is 11.6 Å². The first-order valence-electron chi connectivity index (χ1n) is 6.40. The number of hydrogen-bond acceptors (Lipinski definition) is 2. The smallest absolute Gasteiger partial charge is 0.221 e. The maximum Gasteiger partial charge on any atom is 0.221 e. The molecule has 0 aliphatic carbocycles. The molecule has 100 valence electrons. The minimum absolute atomic E-state index is 0.0996. The largest absolute Gasteiger partial charge is 0.384 e. The van der Waals surface area contributed by atoms with Gasteiger partial charge in [0.25, 0.3) is 0 Å². The third-order valence-electron chi connectivity index (χ3n) is 2.71. The molecule has 4 heteroatoms. The van der Waals surface area contributed by atoms with Gasteiger partial charge >= 0.3 is 0 Å². The van der Waals surface area contributed by atoms with Crippen molar-refractivity contribution >= 4 is 23.2 Å². The van der Waals surface area contributed by atoms with E-state index in [-0.39, 0.29) is 5.91 Å². The number of unbranched alkanes of at least 4 members (excludes halogenated alkanes) is 1. The molecule has 0 radical (unpaired) electrons. The van der Waals surface area contributed by atoms with Crippen LogP contribution in [0.25, 0.3) is 0 Å². The molecule has 18 heavy (non-hydrogen) atoms. The summed E-state index contributed by atoms with van der Waals surface area (Å²) in [5.74, 6) is 0.0996. The summed E-state index contributed by atoms with van der Waals surface area (Å²) < 4.78 is 0. The zero-order valence-electron chi connectivity index (χ0n) is 11.1. The van der Waals surface area contributed by atoms with Crippen LogP contribution in [0.2, 0.25) is 5.02 Å². The maximum atomic E-state index is 11.5. The van der Waals surface area contributed by atoms with Gasteiger partial charge in [-0.15, -0.1) is 0 Å². The summed E-state index contributed by atoms with van der Waals surface area (Å²) in [6, 6.07) is 5.69. The van der Waals surface area contributed by atoms with Gasteiger partial charge in [0, 0.05) is 30.2 Å². The van der Waals surface area contributed by atoms with Crippen molar-refractivity contribution in [2.24, 2.45) is 0 Å². The summed E-state index contributed by atoms with van der Waals surface area (Å²) >= 11 is 5.88. The van der Waals surface area contributed by atoms with Crippen molar-refractivity contribution in [2.45, 2.75) is 33.1 Å². The zero-order valence-corrected chi connectivity index (χ0v) is 11.8. The second-order valence-electron chi connectivity index (χ2n) is 4.34. The molecule has 3 nitrogen and oxygen atoms in total. The van der Waals surface area contributed by atoms with Crippen molar-refractivity contribution in [1.29, 1.82) is 0 Å². The fourth-order valence-electron chi connectivity index (χ4n) is 1.63. The summed E-state index contributed by atoms with van der Waals surface area (Å²) in [4.78, 5) is 11.5. The number of rotatable bonds is 7. The predicted octanol–water partition coefficient (Wildman–Crippen LogP) is 3.37. The van der Waals surface area contributed by atoms with Crippen LogP contribution in [0.3, 0.4) is 0 Å². The van der Waals surface area contributed by atoms with Gasteiger partial charge in [-0.1, -0.05) is 24.9 Å². The van der Waals surface area contributed by atoms with Crippen LogP contribution in [0.4, 0.5) is 5.69 Å². The summed E-state index contributed by atoms with van der Waals surface area (Å²) in [5.41, 5.74) is 2.12. The number of benzene rings is 1. The summed E-state index contributed by atoms with van der Waals surface area (Å²) in [6.07, 6.45) is 2.63. The molecule has 0 aliphatic rings. The number of amides is 1. The van der Waals surface area contributed by atoms with Crippen molar-refractivity contribution in [3.8, 4) is 0 Å². The van der Waals surface area contributed by atoms with Gasteiger partial charge in [0.05, 0.1) is 0 Å². The Balaban J connectivity index is 2.26. The minimum Gasteiger partial charge on any atom is -0.384 e. The molecule has 2 N–H and O–H groups in total. The minimum atomic E-state index is 0.0996. The topological polar surface area (TPSA) is 41.1 Å². The summed E-state index contributed by atoms with van der Waals surface area (Å²) in [6.45, 7) is 5.52. The van der Waals surface area contributed by atoms with E-state index < -0.39 is 0 Å². The molecule has 0 atom stereocenters. The average molecular weight is 269 g/mol. The van der Waals surface area contributed by atoms with Gasteiger partial charge in [0.2, 0.25) is 5.91 Å². The Hall–Kier alpha value is -1.22. The second kappa shape index (κ2) is 7.98. The van der Waals surface area contributed by atoms with Gasteiger partial charge < -0.3 is 10.6 Å². The molecule has 1 rings (SSSR count). The van der Waals surface area contributed by atoms with Gasteiger partial charge in [0.1, 0.15) is 0 Å². The highest BCUT2D eigenvalue weighted by atomic mass is 35.5. The van der Waals surface area contributed by atoms with Gasteiger partial charge in [-0.3, -0.25) is 4.79 Å². The lowest BCUT2D eigenvalue weighted by Gasteiger charge is -2.10. The lowest BCUT2D eigenvalue weighted by atomic mass is 10.2. The van der Waals surface area contributed by atoms with Gasteiger partial charge in [-0.2, -0.15) is 0 Å². The van der Waals surface area contributed by atoms with E-state index in [4.69, 9.17) is 11.6 Å². The van der Waals surface area contributed by atoms with Crippen LogP contribution in [0.5, 0.6) is 0 Å². The Labute approximate surface area is 114 Å². The van der Waals surface area contributed by atoms with E-state index in [0.29, 0.717) is 13.0 Å². The third-order valence-corrected chi connectivity index (χ3v) is 2.94. The van der Waals surface area contributed by atoms with Crippen LogP contribution in [0, 0.1) is 6.92 Å². The lowest BCUT2D eigenvalue weighted by Crippen LogP contribution is -2.26. The first-order chi connectivity index (χ1) is 8.63. The van der Waals surface area contributed by atoms with Crippen molar-refractivity contribution in [2.75, 3.05) is 18.4 Å². The van der Waals surface area contributed by atoms with E-state index in [2.05, 4.69) is 17.6 Å². The lowest BCUT2D eigenvalue weighted by molar-refractivity contribution is -0.120. The van der Waals surface area contributed by atoms with Crippen LogP contribution in [0.15, 0.2) is 18.2 Å². The molecule has 1 amide bonds. The Morgan fingerprint density at radius 3 is 2.78 bits per heavy atom. The van der Waals surface area contributed by atoms with Crippen molar-refractivity contribution < 1.29 is 4.79 Å². The first kappa shape index (κ1) is 14.8. The number of anilines is 1. The van der Waals surface area contributed by atoms with E-state index in [1.807, 2.05) is 25.1 Å². The molecule has 0 aliphatic heterocycles. The zero-order chi connectivity index (χ0) is 13.4. The molecule has 0 bridgehead atoms. The first-order valence-corrected chi connectivity index (χ1v) is 6.78. The van der Waals surface area contributed by atoms with E-state index in [9.17, 15) is 4.79 Å². The average Bonchev–Trinajstić information content (AvgIpc) is 2.32.